The predicted molar refractivity (Wildman–Crippen MR) is 79.0 cm³/mol. The lowest BCUT2D eigenvalue weighted by atomic mass is 10.0. The van der Waals surface area contributed by atoms with Crippen molar-refractivity contribution in [2.45, 2.75) is 56.6 Å². The SMILES string of the molecule is CCc1ccc(S(=O)(=O)N2CCCCC2C(C)O)cc1. The van der Waals surface area contributed by atoms with Crippen LogP contribution in [0.4, 0.5) is 0 Å². The maximum atomic E-state index is 12.7. The van der Waals surface area contributed by atoms with E-state index in [2.05, 4.69) is 0 Å². The van der Waals surface area contributed by atoms with Crippen LogP contribution >= 0.6 is 0 Å². The van der Waals surface area contributed by atoms with Gasteiger partial charge in [-0.25, -0.2) is 8.42 Å². The van der Waals surface area contributed by atoms with Crippen LogP contribution in [0.3, 0.4) is 0 Å². The Morgan fingerprint density at radius 3 is 2.50 bits per heavy atom. The second-order valence-electron chi connectivity index (χ2n) is 5.42. The Balaban J connectivity index is 2.31. The Bertz CT molecular complexity index is 537. The molecular formula is C15H23NO3S. The number of hydrogen-bond donors (Lipinski definition) is 1. The summed E-state index contributed by atoms with van der Waals surface area (Å²) < 4.78 is 26.9. The van der Waals surface area contributed by atoms with Crippen LogP contribution in [-0.2, 0) is 16.4 Å². The molecule has 1 N–H and O–H groups in total. The van der Waals surface area contributed by atoms with E-state index in [9.17, 15) is 13.5 Å². The molecule has 2 atom stereocenters. The maximum absolute atomic E-state index is 12.7. The standard InChI is InChI=1S/C15H23NO3S/c1-3-13-7-9-14(10-8-13)20(18,19)16-11-5-4-6-15(16)12(2)17/h7-10,12,15,17H,3-6,11H2,1-2H3. The van der Waals surface area contributed by atoms with Gasteiger partial charge in [0.2, 0.25) is 10.0 Å². The summed E-state index contributed by atoms with van der Waals surface area (Å²) in [6.45, 7) is 4.20. The van der Waals surface area contributed by atoms with E-state index in [-0.39, 0.29) is 6.04 Å². The van der Waals surface area contributed by atoms with Crippen LogP contribution in [0.5, 0.6) is 0 Å². The third-order valence-electron chi connectivity index (χ3n) is 3.99. The first kappa shape index (κ1) is 15.5. The zero-order valence-electron chi connectivity index (χ0n) is 12.1. The number of aliphatic hydroxyl groups is 1. The van der Waals surface area contributed by atoms with E-state index >= 15 is 0 Å². The van der Waals surface area contributed by atoms with Gasteiger partial charge in [0.15, 0.2) is 0 Å². The van der Waals surface area contributed by atoms with Crippen molar-refractivity contribution in [3.63, 3.8) is 0 Å². The Hall–Kier alpha value is -0.910. The quantitative estimate of drug-likeness (QED) is 0.926. The molecule has 1 aromatic rings. The number of piperidine rings is 1. The number of sulfonamides is 1. The molecule has 1 fully saturated rings. The maximum Gasteiger partial charge on any atom is 0.243 e. The molecule has 0 aromatic heterocycles. The van der Waals surface area contributed by atoms with E-state index in [1.165, 1.54) is 4.31 Å². The van der Waals surface area contributed by atoms with Gasteiger partial charge >= 0.3 is 0 Å². The van der Waals surface area contributed by atoms with E-state index in [0.717, 1.165) is 31.2 Å². The van der Waals surface area contributed by atoms with Gasteiger partial charge in [-0.1, -0.05) is 25.5 Å². The molecule has 5 heteroatoms. The topological polar surface area (TPSA) is 57.6 Å². The second-order valence-corrected chi connectivity index (χ2v) is 7.31. The van der Waals surface area contributed by atoms with Gasteiger partial charge in [0.05, 0.1) is 17.0 Å². The van der Waals surface area contributed by atoms with Crippen molar-refractivity contribution in [3.05, 3.63) is 29.8 Å². The van der Waals surface area contributed by atoms with Crippen molar-refractivity contribution in [1.82, 2.24) is 4.31 Å². The van der Waals surface area contributed by atoms with Crippen molar-refractivity contribution in [2.24, 2.45) is 0 Å². The zero-order valence-corrected chi connectivity index (χ0v) is 12.9. The highest BCUT2D eigenvalue weighted by molar-refractivity contribution is 7.89. The van der Waals surface area contributed by atoms with E-state index in [1.54, 1.807) is 19.1 Å². The first-order chi connectivity index (χ1) is 9.46. The van der Waals surface area contributed by atoms with Gasteiger partial charge in [-0.05, 0) is 43.9 Å². The molecule has 1 saturated heterocycles. The summed E-state index contributed by atoms with van der Waals surface area (Å²) in [5.41, 5.74) is 1.12. The van der Waals surface area contributed by atoms with Crippen LogP contribution in [0.25, 0.3) is 0 Å². The highest BCUT2D eigenvalue weighted by Gasteiger charge is 2.35. The minimum atomic E-state index is -3.51. The van der Waals surface area contributed by atoms with Crippen LogP contribution in [0.1, 0.15) is 38.7 Å². The van der Waals surface area contributed by atoms with E-state index in [4.69, 9.17) is 0 Å². The number of rotatable bonds is 4. The van der Waals surface area contributed by atoms with Crippen LogP contribution in [0, 0.1) is 0 Å². The van der Waals surface area contributed by atoms with Crippen molar-refractivity contribution in [3.8, 4) is 0 Å². The molecule has 0 saturated carbocycles. The number of aliphatic hydroxyl groups excluding tert-OH is 1. The fraction of sp³-hybridized carbons (Fsp3) is 0.600. The summed E-state index contributed by atoms with van der Waals surface area (Å²) in [6, 6.07) is 6.74. The molecule has 1 aromatic carbocycles. The summed E-state index contributed by atoms with van der Waals surface area (Å²) in [5, 5.41) is 9.83. The fourth-order valence-electron chi connectivity index (χ4n) is 2.74. The molecule has 2 rings (SSSR count). The lowest BCUT2D eigenvalue weighted by Gasteiger charge is -2.36. The predicted octanol–water partition coefficient (Wildman–Crippen LogP) is 2.17. The number of nitrogens with zero attached hydrogens (tertiary/aromatic N) is 1. The second kappa shape index (κ2) is 6.24. The Morgan fingerprint density at radius 2 is 1.95 bits per heavy atom. The molecule has 0 amide bonds. The van der Waals surface area contributed by atoms with E-state index in [1.807, 2.05) is 19.1 Å². The van der Waals surface area contributed by atoms with Crippen LogP contribution in [0.2, 0.25) is 0 Å². The minimum Gasteiger partial charge on any atom is -0.392 e. The first-order valence-corrected chi connectivity index (χ1v) is 8.69. The molecule has 0 radical (unpaired) electrons. The van der Waals surface area contributed by atoms with Gasteiger partial charge in [-0.15, -0.1) is 0 Å². The van der Waals surface area contributed by atoms with Crippen molar-refractivity contribution in [2.75, 3.05) is 6.54 Å². The Kier molecular flexibility index (Phi) is 4.83. The summed E-state index contributed by atoms with van der Waals surface area (Å²) in [7, 11) is -3.51. The van der Waals surface area contributed by atoms with Crippen LogP contribution in [0.15, 0.2) is 29.2 Å². The molecule has 0 bridgehead atoms. The monoisotopic (exact) mass is 297 g/mol. The van der Waals surface area contributed by atoms with Gasteiger partial charge in [0.1, 0.15) is 0 Å². The van der Waals surface area contributed by atoms with Crippen molar-refractivity contribution < 1.29 is 13.5 Å². The van der Waals surface area contributed by atoms with Gasteiger partial charge in [0, 0.05) is 6.54 Å². The van der Waals surface area contributed by atoms with Crippen molar-refractivity contribution in [1.29, 1.82) is 0 Å². The first-order valence-electron chi connectivity index (χ1n) is 7.25. The normalized spacial score (nSPS) is 22.6. The molecule has 0 spiro atoms. The zero-order chi connectivity index (χ0) is 14.8. The molecule has 1 aliphatic heterocycles. The van der Waals surface area contributed by atoms with E-state index in [0.29, 0.717) is 11.4 Å². The minimum absolute atomic E-state index is 0.306. The summed E-state index contributed by atoms with van der Waals surface area (Å²) in [4.78, 5) is 0.322. The average Bonchev–Trinajstić information content (AvgIpc) is 2.47. The van der Waals surface area contributed by atoms with Crippen LogP contribution in [-0.4, -0.2) is 36.5 Å². The fourth-order valence-corrected chi connectivity index (χ4v) is 4.50. The van der Waals surface area contributed by atoms with Gasteiger partial charge in [-0.3, -0.25) is 0 Å². The molecule has 112 valence electrons. The molecular weight excluding hydrogens is 274 g/mol. The largest absolute Gasteiger partial charge is 0.392 e. The molecule has 0 aliphatic carbocycles. The molecule has 1 heterocycles. The average molecular weight is 297 g/mol. The van der Waals surface area contributed by atoms with E-state index < -0.39 is 16.1 Å². The molecule has 2 unspecified atom stereocenters. The highest BCUT2D eigenvalue weighted by Crippen LogP contribution is 2.27. The summed E-state index contributed by atoms with van der Waals surface area (Å²) in [5.74, 6) is 0. The smallest absolute Gasteiger partial charge is 0.243 e. The lowest BCUT2D eigenvalue weighted by molar-refractivity contribution is 0.0831. The molecule has 20 heavy (non-hydrogen) atoms. The lowest BCUT2D eigenvalue weighted by Crippen LogP contribution is -2.48. The summed E-state index contributed by atoms with van der Waals surface area (Å²) >= 11 is 0. The third-order valence-corrected chi connectivity index (χ3v) is 5.93. The highest BCUT2D eigenvalue weighted by atomic mass is 32.2. The number of hydrogen-bond acceptors (Lipinski definition) is 3. The molecule has 4 nitrogen and oxygen atoms in total. The van der Waals surface area contributed by atoms with Crippen molar-refractivity contribution >= 4 is 10.0 Å². The van der Waals surface area contributed by atoms with Crippen LogP contribution < -0.4 is 0 Å². The Morgan fingerprint density at radius 1 is 1.30 bits per heavy atom. The number of aryl methyl sites for hydroxylation is 1. The Labute approximate surface area is 121 Å². The third kappa shape index (κ3) is 3.05. The van der Waals surface area contributed by atoms with Gasteiger partial charge in [0.25, 0.3) is 0 Å². The molecule has 1 aliphatic rings. The summed E-state index contributed by atoms with van der Waals surface area (Å²) in [6.07, 6.45) is 2.80. The van der Waals surface area contributed by atoms with Gasteiger partial charge < -0.3 is 5.11 Å². The number of benzene rings is 1. The van der Waals surface area contributed by atoms with Gasteiger partial charge in [-0.2, -0.15) is 4.31 Å².